The minimum atomic E-state index is -3.39. The highest BCUT2D eigenvalue weighted by atomic mass is 32.2. The molecule has 28 heavy (non-hydrogen) atoms. The lowest BCUT2D eigenvalue weighted by Gasteiger charge is -2.09. The average molecular weight is 397 g/mol. The van der Waals surface area contributed by atoms with Crippen LogP contribution in [0.4, 0.5) is 5.69 Å². The first-order chi connectivity index (χ1) is 13.2. The molecule has 3 rings (SSSR count). The van der Waals surface area contributed by atoms with Crippen LogP contribution in [-0.2, 0) is 10.0 Å². The number of benzene rings is 3. The molecule has 7 nitrogen and oxygen atoms in total. The summed E-state index contributed by atoms with van der Waals surface area (Å²) >= 11 is 0. The van der Waals surface area contributed by atoms with E-state index in [2.05, 4.69) is 15.2 Å². The molecule has 3 N–H and O–H groups in total. The summed E-state index contributed by atoms with van der Waals surface area (Å²) in [5, 5.41) is 15.7. The molecule has 0 atom stereocenters. The van der Waals surface area contributed by atoms with Crippen molar-refractivity contribution in [1.29, 1.82) is 0 Å². The van der Waals surface area contributed by atoms with Crippen molar-refractivity contribution in [2.45, 2.75) is 6.92 Å². The third-order valence-electron chi connectivity index (χ3n) is 4.04. The summed E-state index contributed by atoms with van der Waals surface area (Å²) in [5.74, 6) is -0.678. The molecular formula is C20H19N3O4S. The summed E-state index contributed by atoms with van der Waals surface area (Å²) in [6.45, 7) is 1.68. The van der Waals surface area contributed by atoms with Gasteiger partial charge in [-0.2, -0.15) is 5.10 Å². The number of nitrogens with zero attached hydrogens (tertiary/aromatic N) is 1. The number of amides is 1. The van der Waals surface area contributed by atoms with Crippen LogP contribution in [0.1, 0.15) is 22.8 Å². The standard InChI is InChI=1S/C20H19N3O4S/c1-13(15-7-5-8-16(12-15)23-28(2,26)27)21-22-20(25)19-17-9-4-3-6-14(17)10-11-18(19)24/h3-12,23-24H,1-2H3,(H,22,25). The van der Waals surface area contributed by atoms with E-state index in [0.717, 1.165) is 11.6 Å². The lowest BCUT2D eigenvalue weighted by molar-refractivity contribution is 0.0954. The van der Waals surface area contributed by atoms with Crippen molar-refractivity contribution < 1.29 is 18.3 Å². The van der Waals surface area contributed by atoms with Gasteiger partial charge < -0.3 is 5.11 Å². The fourth-order valence-electron chi connectivity index (χ4n) is 2.78. The van der Waals surface area contributed by atoms with Gasteiger partial charge in [0.1, 0.15) is 5.75 Å². The van der Waals surface area contributed by atoms with E-state index < -0.39 is 15.9 Å². The highest BCUT2D eigenvalue weighted by Crippen LogP contribution is 2.26. The van der Waals surface area contributed by atoms with E-state index >= 15 is 0 Å². The number of rotatable bonds is 5. The molecule has 3 aromatic rings. The quantitative estimate of drug-likeness (QED) is 0.454. The zero-order valence-corrected chi connectivity index (χ0v) is 16.1. The Morgan fingerprint density at radius 1 is 1.04 bits per heavy atom. The Labute approximate surface area is 162 Å². The van der Waals surface area contributed by atoms with Gasteiger partial charge in [0.25, 0.3) is 5.91 Å². The smallest absolute Gasteiger partial charge is 0.275 e. The largest absolute Gasteiger partial charge is 0.507 e. The Morgan fingerprint density at radius 2 is 1.79 bits per heavy atom. The van der Waals surface area contributed by atoms with Crippen LogP contribution in [0.5, 0.6) is 5.75 Å². The molecule has 0 aliphatic carbocycles. The van der Waals surface area contributed by atoms with Crippen molar-refractivity contribution in [3.8, 4) is 5.75 Å². The van der Waals surface area contributed by atoms with Crippen LogP contribution in [0, 0.1) is 0 Å². The van der Waals surface area contributed by atoms with Gasteiger partial charge >= 0.3 is 0 Å². The van der Waals surface area contributed by atoms with Gasteiger partial charge in [0, 0.05) is 5.69 Å². The number of phenolic OH excluding ortho intramolecular Hbond substituents is 1. The Hall–Kier alpha value is -3.39. The van der Waals surface area contributed by atoms with Crippen molar-refractivity contribution in [2.24, 2.45) is 5.10 Å². The zero-order valence-electron chi connectivity index (χ0n) is 15.3. The predicted octanol–water partition coefficient (Wildman–Crippen LogP) is 3.07. The van der Waals surface area contributed by atoms with Crippen LogP contribution in [0.25, 0.3) is 10.8 Å². The van der Waals surface area contributed by atoms with Crippen molar-refractivity contribution in [3.05, 3.63) is 71.8 Å². The number of carbonyl (C=O) groups excluding carboxylic acids is 1. The van der Waals surface area contributed by atoms with Crippen LogP contribution in [-0.4, -0.2) is 31.4 Å². The molecule has 0 fully saturated rings. The van der Waals surface area contributed by atoms with Crippen LogP contribution in [0.15, 0.2) is 65.8 Å². The van der Waals surface area contributed by atoms with E-state index in [9.17, 15) is 18.3 Å². The average Bonchev–Trinajstić information content (AvgIpc) is 2.64. The highest BCUT2D eigenvalue weighted by molar-refractivity contribution is 7.92. The Kier molecular flexibility index (Phi) is 5.32. The molecule has 0 radical (unpaired) electrons. The van der Waals surface area contributed by atoms with Gasteiger partial charge in [-0.25, -0.2) is 13.8 Å². The molecule has 0 heterocycles. The Morgan fingerprint density at radius 3 is 2.54 bits per heavy atom. The normalized spacial score (nSPS) is 12.0. The number of aromatic hydroxyl groups is 1. The van der Waals surface area contributed by atoms with E-state index in [4.69, 9.17) is 0 Å². The summed E-state index contributed by atoms with van der Waals surface area (Å²) in [6, 6.07) is 17.1. The third kappa shape index (κ3) is 4.47. The molecule has 3 aromatic carbocycles. The molecule has 144 valence electrons. The van der Waals surface area contributed by atoms with Crippen LogP contribution in [0.2, 0.25) is 0 Å². The molecular weight excluding hydrogens is 378 g/mol. The zero-order chi connectivity index (χ0) is 20.3. The molecule has 0 aromatic heterocycles. The van der Waals surface area contributed by atoms with Gasteiger partial charge in [0.15, 0.2) is 0 Å². The third-order valence-corrected chi connectivity index (χ3v) is 4.65. The molecule has 0 spiro atoms. The van der Waals surface area contributed by atoms with Crippen LogP contribution in [0.3, 0.4) is 0 Å². The van der Waals surface area contributed by atoms with Crippen molar-refractivity contribution in [1.82, 2.24) is 5.43 Å². The van der Waals surface area contributed by atoms with E-state index in [1.807, 2.05) is 12.1 Å². The number of hydrazone groups is 1. The minimum absolute atomic E-state index is 0.136. The molecule has 8 heteroatoms. The maximum absolute atomic E-state index is 12.6. The second-order valence-electron chi connectivity index (χ2n) is 6.27. The lowest BCUT2D eigenvalue weighted by Crippen LogP contribution is -2.20. The minimum Gasteiger partial charge on any atom is -0.507 e. The Balaban J connectivity index is 1.85. The van der Waals surface area contributed by atoms with E-state index in [1.165, 1.54) is 6.07 Å². The molecule has 0 aliphatic heterocycles. The van der Waals surface area contributed by atoms with Gasteiger partial charge in [-0.15, -0.1) is 0 Å². The van der Waals surface area contributed by atoms with Crippen molar-refractivity contribution in [3.63, 3.8) is 0 Å². The van der Waals surface area contributed by atoms with Crippen LogP contribution < -0.4 is 10.1 Å². The number of fused-ring (bicyclic) bond motifs is 1. The number of nitrogens with one attached hydrogen (secondary N) is 2. The van der Waals surface area contributed by atoms with Gasteiger partial charge in [-0.3, -0.25) is 9.52 Å². The van der Waals surface area contributed by atoms with E-state index in [0.29, 0.717) is 22.3 Å². The molecule has 0 unspecified atom stereocenters. The summed E-state index contributed by atoms with van der Waals surface area (Å²) in [5.41, 5.74) is 4.10. The maximum Gasteiger partial charge on any atom is 0.275 e. The molecule has 0 saturated carbocycles. The van der Waals surface area contributed by atoms with Gasteiger partial charge in [-0.1, -0.05) is 42.5 Å². The molecule has 0 bridgehead atoms. The fraction of sp³-hybridized carbons (Fsp3) is 0.100. The number of hydrogen-bond acceptors (Lipinski definition) is 5. The monoisotopic (exact) mass is 397 g/mol. The second kappa shape index (κ2) is 7.69. The van der Waals surface area contributed by atoms with Gasteiger partial charge in [0.2, 0.25) is 10.0 Å². The van der Waals surface area contributed by atoms with Crippen LogP contribution >= 0.6 is 0 Å². The molecule has 0 saturated heterocycles. The highest BCUT2D eigenvalue weighted by Gasteiger charge is 2.15. The molecule has 1 amide bonds. The number of anilines is 1. The summed E-state index contributed by atoms with van der Waals surface area (Å²) in [6.07, 6.45) is 1.07. The fourth-order valence-corrected chi connectivity index (χ4v) is 3.33. The van der Waals surface area contributed by atoms with Gasteiger partial charge in [0.05, 0.1) is 17.5 Å². The second-order valence-corrected chi connectivity index (χ2v) is 8.02. The molecule has 0 aliphatic rings. The summed E-state index contributed by atoms with van der Waals surface area (Å²) < 4.78 is 25.1. The van der Waals surface area contributed by atoms with Crippen molar-refractivity contribution >= 4 is 38.1 Å². The van der Waals surface area contributed by atoms with E-state index in [1.54, 1.807) is 49.4 Å². The summed E-state index contributed by atoms with van der Waals surface area (Å²) in [7, 11) is -3.39. The maximum atomic E-state index is 12.6. The number of hydrogen-bond donors (Lipinski definition) is 3. The Bertz CT molecular complexity index is 1190. The summed E-state index contributed by atoms with van der Waals surface area (Å²) in [4.78, 5) is 12.6. The predicted molar refractivity (Wildman–Crippen MR) is 110 cm³/mol. The van der Waals surface area contributed by atoms with Gasteiger partial charge in [-0.05, 0) is 41.5 Å². The number of phenols is 1. The first-order valence-electron chi connectivity index (χ1n) is 8.38. The SMILES string of the molecule is CC(=NNC(=O)c1c(O)ccc2ccccc12)c1cccc(NS(C)(=O)=O)c1. The number of sulfonamides is 1. The first kappa shape index (κ1) is 19.4. The lowest BCUT2D eigenvalue weighted by atomic mass is 10.0. The first-order valence-corrected chi connectivity index (χ1v) is 10.3. The van der Waals surface area contributed by atoms with Crippen molar-refractivity contribution in [2.75, 3.05) is 11.0 Å². The van der Waals surface area contributed by atoms with E-state index in [-0.39, 0.29) is 11.3 Å². The topological polar surface area (TPSA) is 108 Å². The number of carbonyl (C=O) groups is 1.